The van der Waals surface area contributed by atoms with Crippen molar-refractivity contribution in [3.05, 3.63) is 43.5 Å². The number of H-pyrrole nitrogens is 1. The molecule has 0 aromatic carbocycles. The smallest absolute Gasteiger partial charge is 0.332 e. The van der Waals surface area contributed by atoms with E-state index in [4.69, 9.17) is 19.7 Å². The highest BCUT2D eigenvalue weighted by Crippen LogP contribution is 2.38. The molecular weight excluding hydrogens is 624 g/mol. The average molecular weight is 679 g/mol. The molecule has 0 bridgehead atoms. The van der Waals surface area contributed by atoms with Crippen molar-refractivity contribution in [3.63, 3.8) is 0 Å². The van der Waals surface area contributed by atoms with Gasteiger partial charge in [0.15, 0.2) is 12.3 Å². The highest BCUT2D eigenvalue weighted by molar-refractivity contribution is 5.86. The van der Waals surface area contributed by atoms with Crippen LogP contribution in [0.25, 0.3) is 10.4 Å². The minimum absolute atomic E-state index is 0.103. The van der Waals surface area contributed by atoms with Crippen LogP contribution in [-0.2, 0) is 23.8 Å². The molecule has 0 spiro atoms. The number of nitrogens with zero attached hydrogens (tertiary/aromatic N) is 5. The Balaban J connectivity index is 1.68. The number of aromatic nitrogens is 2. The lowest BCUT2D eigenvalue weighted by Gasteiger charge is -2.31. The third-order valence-electron chi connectivity index (χ3n) is 8.69. The second-order valence-electron chi connectivity index (χ2n) is 13.7. The van der Waals surface area contributed by atoms with E-state index in [1.807, 2.05) is 0 Å². The Morgan fingerprint density at radius 2 is 1.52 bits per heavy atom. The minimum atomic E-state index is -1.67. The van der Waals surface area contributed by atoms with Crippen molar-refractivity contribution in [2.24, 2.45) is 5.11 Å². The highest BCUT2D eigenvalue weighted by atomic mass is 16.6. The lowest BCUT2D eigenvalue weighted by molar-refractivity contribution is -0.167. The number of unbranched alkanes of at least 4 members (excludes halogenated alkanes) is 12. The first-order valence-electron chi connectivity index (χ1n) is 17.4. The number of esters is 1. The topological polar surface area (TPSA) is 209 Å². The van der Waals surface area contributed by atoms with E-state index < -0.39 is 71.6 Å². The van der Waals surface area contributed by atoms with E-state index in [9.17, 15) is 29.4 Å². The quantitative estimate of drug-likeness (QED) is 0.0628. The molecule has 3 N–H and O–H groups in total. The summed E-state index contributed by atoms with van der Waals surface area (Å²) in [5.74, 6) is -1.25. The van der Waals surface area contributed by atoms with Gasteiger partial charge < -0.3 is 24.4 Å². The van der Waals surface area contributed by atoms with Crippen molar-refractivity contribution in [3.8, 4) is 0 Å². The zero-order chi connectivity index (χ0) is 35.3. The number of azide groups is 1. The van der Waals surface area contributed by atoms with Gasteiger partial charge in [0.05, 0.1) is 6.54 Å². The third kappa shape index (κ3) is 11.2. The maximum absolute atomic E-state index is 13.7. The van der Waals surface area contributed by atoms with E-state index in [-0.39, 0.29) is 13.0 Å². The average Bonchev–Trinajstić information content (AvgIpc) is 3.54. The van der Waals surface area contributed by atoms with E-state index in [1.165, 1.54) is 56.3 Å². The molecule has 3 rings (SSSR count). The van der Waals surface area contributed by atoms with Crippen LogP contribution >= 0.6 is 0 Å². The lowest BCUT2D eigenvalue weighted by atomic mass is 9.98. The summed E-state index contributed by atoms with van der Waals surface area (Å²) in [5, 5.41) is 25.5. The van der Waals surface area contributed by atoms with Crippen molar-refractivity contribution < 1.29 is 34.0 Å². The van der Waals surface area contributed by atoms with Crippen LogP contribution in [0.1, 0.15) is 124 Å². The third-order valence-corrected chi connectivity index (χ3v) is 8.69. The van der Waals surface area contributed by atoms with E-state index in [0.717, 1.165) is 42.5 Å². The first-order chi connectivity index (χ1) is 22.9. The van der Waals surface area contributed by atoms with Crippen LogP contribution < -0.4 is 11.2 Å². The second kappa shape index (κ2) is 19.1. The van der Waals surface area contributed by atoms with E-state index in [2.05, 4.69) is 21.9 Å². The molecule has 0 saturated carbocycles. The zero-order valence-corrected chi connectivity index (χ0v) is 28.8. The van der Waals surface area contributed by atoms with Crippen molar-refractivity contribution in [1.82, 2.24) is 14.5 Å². The number of aromatic amines is 1. The number of rotatable bonds is 19. The molecule has 1 aromatic heterocycles. The number of aliphatic hydroxyl groups excluding tert-OH is 2. The number of amides is 1. The largest absolute Gasteiger partial charge is 0.458 e. The van der Waals surface area contributed by atoms with Gasteiger partial charge in [-0.2, -0.15) is 0 Å². The Labute approximate surface area is 281 Å². The van der Waals surface area contributed by atoms with Crippen LogP contribution in [0.4, 0.5) is 0 Å². The molecule has 0 unspecified atom stereocenters. The van der Waals surface area contributed by atoms with Gasteiger partial charge in [0.2, 0.25) is 5.91 Å². The Kier molecular flexibility index (Phi) is 15.6. The Morgan fingerprint density at radius 1 is 0.938 bits per heavy atom. The Morgan fingerprint density at radius 3 is 2.06 bits per heavy atom. The van der Waals surface area contributed by atoms with Gasteiger partial charge >= 0.3 is 11.7 Å². The fraction of sp³-hybridized carbons (Fsp3) is 0.818. The summed E-state index contributed by atoms with van der Waals surface area (Å²) in [6.45, 7) is 6.88. The van der Waals surface area contributed by atoms with Crippen LogP contribution in [0.2, 0.25) is 0 Å². The van der Waals surface area contributed by atoms with Gasteiger partial charge in [-0.25, -0.2) is 9.59 Å². The van der Waals surface area contributed by atoms with Crippen LogP contribution in [0.3, 0.4) is 0 Å². The molecule has 1 amide bonds. The molecule has 7 atom stereocenters. The summed E-state index contributed by atoms with van der Waals surface area (Å²) in [4.78, 5) is 57.5. The monoisotopic (exact) mass is 678 g/mol. The summed E-state index contributed by atoms with van der Waals surface area (Å²) in [7, 11) is 0. The molecule has 3 heterocycles. The maximum Gasteiger partial charge on any atom is 0.332 e. The fourth-order valence-electron chi connectivity index (χ4n) is 6.32. The molecule has 2 aliphatic heterocycles. The van der Waals surface area contributed by atoms with E-state index >= 15 is 0 Å². The standard InChI is InChI=1S/C33H54N6O9/c1-5-6-7-8-9-10-11-12-13-14-15-16-17-18-23(41)39-24(21-35-37-34)46-28(25(39)31(44)48-33(2,3)4)29-26(42)27(43)30(47-29)38-20-19-22(40)36-32(38)45/h19-20,24-30,42-43H,5-18,21H2,1-4H3,(H,36,40,45)/t24-,25+,26+,27-,28+,29+,30-/m1/s1. The molecule has 270 valence electrons. The maximum atomic E-state index is 13.7. The van der Waals surface area contributed by atoms with Crippen LogP contribution in [0.5, 0.6) is 0 Å². The van der Waals surface area contributed by atoms with Gasteiger partial charge in [0.1, 0.15) is 36.2 Å². The first-order valence-corrected chi connectivity index (χ1v) is 17.4. The Bertz CT molecular complexity index is 1340. The molecule has 15 nitrogen and oxygen atoms in total. The van der Waals surface area contributed by atoms with Crippen LogP contribution in [0, 0.1) is 0 Å². The number of hydrogen-bond acceptors (Lipinski definition) is 10. The molecular formula is C33H54N6O9. The van der Waals surface area contributed by atoms with Gasteiger partial charge in [-0.1, -0.05) is 89.1 Å². The zero-order valence-electron chi connectivity index (χ0n) is 28.8. The van der Waals surface area contributed by atoms with Gasteiger partial charge in [-0.3, -0.25) is 24.0 Å². The first kappa shape index (κ1) is 39.2. The molecule has 0 aliphatic carbocycles. The predicted octanol–water partition coefficient (Wildman–Crippen LogP) is 4.21. The number of aliphatic hydroxyl groups is 2. The van der Waals surface area contributed by atoms with E-state index in [0.29, 0.717) is 6.42 Å². The molecule has 15 heteroatoms. The lowest BCUT2D eigenvalue weighted by Crippen LogP contribution is -2.54. The molecule has 1 aromatic rings. The number of hydrogen-bond donors (Lipinski definition) is 3. The van der Waals surface area contributed by atoms with Crippen molar-refractivity contribution in [2.75, 3.05) is 6.54 Å². The summed E-state index contributed by atoms with van der Waals surface area (Å²) >= 11 is 0. The number of carbonyl (C=O) groups excluding carboxylic acids is 2. The van der Waals surface area contributed by atoms with Crippen molar-refractivity contribution >= 4 is 11.9 Å². The molecule has 2 fully saturated rings. The fourth-order valence-corrected chi connectivity index (χ4v) is 6.32. The molecule has 0 radical (unpaired) electrons. The van der Waals surface area contributed by atoms with Gasteiger partial charge in [0.25, 0.3) is 5.56 Å². The second-order valence-corrected chi connectivity index (χ2v) is 13.7. The summed E-state index contributed by atoms with van der Waals surface area (Å²) in [6, 6.07) is -0.366. The van der Waals surface area contributed by atoms with Crippen LogP contribution in [0.15, 0.2) is 27.0 Å². The van der Waals surface area contributed by atoms with Gasteiger partial charge in [-0.05, 0) is 32.7 Å². The molecule has 48 heavy (non-hydrogen) atoms. The van der Waals surface area contributed by atoms with Crippen LogP contribution in [-0.4, -0.2) is 85.4 Å². The van der Waals surface area contributed by atoms with E-state index in [1.54, 1.807) is 20.8 Å². The normalized spacial score (nSPS) is 25.6. The highest BCUT2D eigenvalue weighted by Gasteiger charge is 2.58. The summed E-state index contributed by atoms with van der Waals surface area (Å²) in [5.41, 5.74) is 6.53. The Hall–Kier alpha value is -3.23. The molecule has 2 saturated heterocycles. The van der Waals surface area contributed by atoms with Gasteiger partial charge in [-0.15, -0.1) is 0 Å². The minimum Gasteiger partial charge on any atom is -0.458 e. The predicted molar refractivity (Wildman–Crippen MR) is 177 cm³/mol. The summed E-state index contributed by atoms with van der Waals surface area (Å²) < 4.78 is 18.6. The van der Waals surface area contributed by atoms with Crippen molar-refractivity contribution in [2.45, 2.75) is 166 Å². The molecule has 2 aliphatic rings. The number of nitrogens with one attached hydrogen (secondary N) is 1. The SMILES string of the molecule is CCCCCCCCCCCCCCCC(=O)N1[C@H](C(=O)OC(C)(C)C)[C@@H]([C@H]2O[C@@H](n3ccc(=O)[nH]c3=O)[C@H](O)[C@@H]2O)O[C@@H]1CN=[N+]=[N-]. The number of ether oxygens (including phenoxy) is 3. The van der Waals surface area contributed by atoms with Crippen molar-refractivity contribution in [1.29, 1.82) is 0 Å². The number of carbonyl (C=O) groups is 2. The van der Waals surface area contributed by atoms with Gasteiger partial charge in [0, 0.05) is 23.6 Å². The summed E-state index contributed by atoms with van der Waals surface area (Å²) in [6.07, 6.45) is 7.36.